The first-order chi connectivity index (χ1) is 8.52. The topological polar surface area (TPSA) is 12.0 Å². The fourth-order valence-electron chi connectivity index (χ4n) is 1.90. The molecule has 0 aliphatic heterocycles. The summed E-state index contributed by atoms with van der Waals surface area (Å²) in [6.07, 6.45) is 0. The summed E-state index contributed by atoms with van der Waals surface area (Å²) in [6, 6.07) is 8.27. The van der Waals surface area contributed by atoms with Crippen LogP contribution in [0.1, 0.15) is 22.7 Å². The van der Waals surface area contributed by atoms with Crippen LogP contribution in [0.25, 0.3) is 0 Å². The predicted octanol–water partition coefficient (Wildman–Crippen LogP) is 5.43. The molecule has 1 nitrogen and oxygen atoms in total. The van der Waals surface area contributed by atoms with Gasteiger partial charge >= 0.3 is 0 Å². The second-order valence-electron chi connectivity index (χ2n) is 4.01. The van der Waals surface area contributed by atoms with E-state index in [1.54, 1.807) is 0 Å². The summed E-state index contributed by atoms with van der Waals surface area (Å²) < 4.78 is 2.56. The van der Waals surface area contributed by atoms with Crippen molar-refractivity contribution < 1.29 is 0 Å². The van der Waals surface area contributed by atoms with Crippen LogP contribution in [0.15, 0.2) is 28.7 Å². The van der Waals surface area contributed by atoms with Gasteiger partial charge in [0.1, 0.15) is 0 Å². The van der Waals surface area contributed by atoms with E-state index in [2.05, 4.69) is 46.4 Å². The zero-order valence-electron chi connectivity index (χ0n) is 9.93. The normalized spacial score (nSPS) is 12.7. The summed E-state index contributed by atoms with van der Waals surface area (Å²) in [6.45, 7) is 2.07. The zero-order valence-corrected chi connectivity index (χ0v) is 13.8. The summed E-state index contributed by atoms with van der Waals surface area (Å²) in [5, 5.41) is 3.28. The largest absolute Gasteiger partial charge is 0.309 e. The summed E-state index contributed by atoms with van der Waals surface area (Å²) >= 11 is 17.1. The number of benzene rings is 1. The van der Waals surface area contributed by atoms with Gasteiger partial charge in [0.25, 0.3) is 0 Å². The maximum Gasteiger partial charge on any atom is 0.0995 e. The lowest BCUT2D eigenvalue weighted by molar-refractivity contribution is 0.694. The Morgan fingerprint density at radius 2 is 2.00 bits per heavy atom. The lowest BCUT2D eigenvalue weighted by Crippen LogP contribution is -2.17. The second-order valence-corrected chi connectivity index (χ2v) is 7.15. The molecule has 2 aromatic rings. The number of halogens is 3. The van der Waals surface area contributed by atoms with Crippen molar-refractivity contribution in [2.45, 2.75) is 13.0 Å². The fraction of sp³-hybridized carbons (Fsp3) is 0.231. The SMILES string of the molecule is CNC(c1ccc(Br)c(C)c1)c1cc(Cl)sc1Cl. The molecule has 18 heavy (non-hydrogen) atoms. The molecular weight excluding hydrogens is 353 g/mol. The summed E-state index contributed by atoms with van der Waals surface area (Å²) in [4.78, 5) is 0. The highest BCUT2D eigenvalue weighted by molar-refractivity contribution is 9.10. The van der Waals surface area contributed by atoms with Crippen molar-refractivity contribution in [2.75, 3.05) is 7.05 Å². The van der Waals surface area contributed by atoms with E-state index >= 15 is 0 Å². The minimum atomic E-state index is 0.0630. The molecular formula is C13H12BrCl2NS. The van der Waals surface area contributed by atoms with E-state index in [1.807, 2.05) is 13.1 Å². The van der Waals surface area contributed by atoms with Crippen LogP contribution in [-0.4, -0.2) is 7.05 Å². The molecule has 0 radical (unpaired) electrons. The van der Waals surface area contributed by atoms with E-state index in [-0.39, 0.29) is 6.04 Å². The Kier molecular flexibility index (Phi) is 4.73. The minimum Gasteiger partial charge on any atom is -0.309 e. The summed E-state index contributed by atoms with van der Waals surface area (Å²) in [7, 11) is 1.92. The average Bonchev–Trinajstić information content (AvgIpc) is 2.64. The van der Waals surface area contributed by atoms with Gasteiger partial charge in [0, 0.05) is 10.0 Å². The smallest absolute Gasteiger partial charge is 0.0995 e. The maximum atomic E-state index is 6.22. The lowest BCUT2D eigenvalue weighted by atomic mass is 10.00. The maximum absolute atomic E-state index is 6.22. The Morgan fingerprint density at radius 3 is 2.50 bits per heavy atom. The van der Waals surface area contributed by atoms with Crippen LogP contribution in [0.4, 0.5) is 0 Å². The second kappa shape index (κ2) is 5.93. The molecule has 0 bridgehead atoms. The highest BCUT2D eigenvalue weighted by Crippen LogP contribution is 2.37. The van der Waals surface area contributed by atoms with Crippen LogP contribution < -0.4 is 5.32 Å². The number of hydrogen-bond donors (Lipinski definition) is 1. The van der Waals surface area contributed by atoms with Gasteiger partial charge < -0.3 is 5.32 Å². The molecule has 1 heterocycles. The van der Waals surface area contributed by atoms with Gasteiger partial charge in [-0.25, -0.2) is 0 Å². The van der Waals surface area contributed by atoms with Crippen LogP contribution in [0.5, 0.6) is 0 Å². The van der Waals surface area contributed by atoms with Crippen molar-refractivity contribution in [3.8, 4) is 0 Å². The quantitative estimate of drug-likeness (QED) is 0.765. The molecule has 0 amide bonds. The Labute approximate surface area is 129 Å². The number of hydrogen-bond acceptors (Lipinski definition) is 2. The standard InChI is InChI=1S/C13H12BrCl2NS/c1-7-5-8(3-4-10(7)14)12(17-2)9-6-11(15)18-13(9)16/h3-6,12,17H,1-2H3. The molecule has 5 heteroatoms. The molecule has 2 rings (SSSR count). The van der Waals surface area contributed by atoms with Gasteiger partial charge in [-0.05, 0) is 37.2 Å². The van der Waals surface area contributed by atoms with E-state index in [9.17, 15) is 0 Å². The van der Waals surface area contributed by atoms with Crippen molar-refractivity contribution >= 4 is 50.5 Å². The van der Waals surface area contributed by atoms with E-state index in [0.29, 0.717) is 4.34 Å². The molecule has 1 unspecified atom stereocenters. The first-order valence-electron chi connectivity index (χ1n) is 5.41. The Balaban J connectivity index is 2.45. The number of thiophene rings is 1. The summed E-state index contributed by atoms with van der Waals surface area (Å²) in [5.74, 6) is 0. The molecule has 0 saturated carbocycles. The van der Waals surface area contributed by atoms with Crippen molar-refractivity contribution in [2.24, 2.45) is 0 Å². The first kappa shape index (κ1) is 14.4. The van der Waals surface area contributed by atoms with Gasteiger partial charge in [0.05, 0.1) is 14.7 Å². The molecule has 1 atom stereocenters. The average molecular weight is 365 g/mol. The van der Waals surface area contributed by atoms with Crippen LogP contribution in [0, 0.1) is 6.92 Å². The van der Waals surface area contributed by atoms with E-state index < -0.39 is 0 Å². The third kappa shape index (κ3) is 2.91. The zero-order chi connectivity index (χ0) is 13.3. The van der Waals surface area contributed by atoms with Crippen molar-refractivity contribution in [1.82, 2.24) is 5.32 Å². The van der Waals surface area contributed by atoms with Gasteiger partial charge in [0.2, 0.25) is 0 Å². The minimum absolute atomic E-state index is 0.0630. The van der Waals surface area contributed by atoms with E-state index in [4.69, 9.17) is 23.2 Å². The predicted molar refractivity (Wildman–Crippen MR) is 84.1 cm³/mol. The molecule has 1 aromatic carbocycles. The third-order valence-corrected chi connectivity index (χ3v) is 5.21. The molecule has 0 fully saturated rings. The molecule has 0 spiro atoms. The van der Waals surface area contributed by atoms with Gasteiger partial charge in [-0.1, -0.05) is 51.3 Å². The number of aryl methyl sites for hydroxylation is 1. The molecule has 1 aromatic heterocycles. The van der Waals surface area contributed by atoms with Gasteiger partial charge in [-0.15, -0.1) is 11.3 Å². The van der Waals surface area contributed by atoms with Crippen molar-refractivity contribution in [1.29, 1.82) is 0 Å². The molecule has 0 saturated heterocycles. The highest BCUT2D eigenvalue weighted by Gasteiger charge is 2.18. The van der Waals surface area contributed by atoms with Crippen LogP contribution in [0.3, 0.4) is 0 Å². The number of rotatable bonds is 3. The first-order valence-corrected chi connectivity index (χ1v) is 7.77. The van der Waals surface area contributed by atoms with Gasteiger partial charge in [0.15, 0.2) is 0 Å². The fourth-order valence-corrected chi connectivity index (χ4v) is 3.68. The summed E-state index contributed by atoms with van der Waals surface area (Å²) in [5.41, 5.74) is 3.40. The monoisotopic (exact) mass is 363 g/mol. The molecule has 1 N–H and O–H groups in total. The van der Waals surface area contributed by atoms with E-state index in [1.165, 1.54) is 22.5 Å². The van der Waals surface area contributed by atoms with E-state index in [0.717, 1.165) is 14.4 Å². The molecule has 96 valence electrons. The highest BCUT2D eigenvalue weighted by atomic mass is 79.9. The molecule has 0 aliphatic rings. The Bertz CT molecular complexity index is 568. The van der Waals surface area contributed by atoms with Crippen molar-refractivity contribution in [3.63, 3.8) is 0 Å². The Hall–Kier alpha value is -0.0600. The van der Waals surface area contributed by atoms with Crippen molar-refractivity contribution in [3.05, 3.63) is 54.1 Å². The van der Waals surface area contributed by atoms with Gasteiger partial charge in [-0.2, -0.15) is 0 Å². The van der Waals surface area contributed by atoms with Crippen LogP contribution in [0.2, 0.25) is 8.67 Å². The van der Waals surface area contributed by atoms with Crippen LogP contribution in [-0.2, 0) is 0 Å². The Morgan fingerprint density at radius 1 is 1.28 bits per heavy atom. The molecule has 0 aliphatic carbocycles. The van der Waals surface area contributed by atoms with Crippen LogP contribution >= 0.6 is 50.5 Å². The third-order valence-electron chi connectivity index (χ3n) is 2.80. The lowest BCUT2D eigenvalue weighted by Gasteiger charge is -2.17. The van der Waals surface area contributed by atoms with Gasteiger partial charge in [-0.3, -0.25) is 0 Å². The number of nitrogens with one attached hydrogen (secondary N) is 1.